The van der Waals surface area contributed by atoms with Gasteiger partial charge in [-0.1, -0.05) is 0 Å². The Bertz CT molecular complexity index is 559. The Morgan fingerprint density at radius 1 is 1.52 bits per heavy atom. The second kappa shape index (κ2) is 6.13. The van der Waals surface area contributed by atoms with Crippen molar-refractivity contribution in [2.24, 2.45) is 12.8 Å². The molecule has 0 spiro atoms. The van der Waals surface area contributed by atoms with E-state index in [0.29, 0.717) is 25.1 Å². The molecule has 1 amide bonds. The minimum Gasteiger partial charge on any atom is -0.444 e. The van der Waals surface area contributed by atoms with Crippen molar-refractivity contribution in [2.75, 3.05) is 13.1 Å². The number of ether oxygens (including phenoxy) is 1. The van der Waals surface area contributed by atoms with Gasteiger partial charge in [-0.2, -0.15) is 0 Å². The number of nitrogens with two attached hydrogens (primary N) is 1. The number of carbonyl (C=O) groups excluding carboxylic acids is 1. The summed E-state index contributed by atoms with van der Waals surface area (Å²) in [6.45, 7) is 8.06. The molecule has 2 rings (SSSR count). The van der Waals surface area contributed by atoms with Gasteiger partial charge in [0.25, 0.3) is 0 Å². The van der Waals surface area contributed by atoms with Crippen molar-refractivity contribution >= 4 is 6.09 Å². The average Bonchev–Trinajstić information content (AvgIpc) is 2.76. The Morgan fingerprint density at radius 3 is 2.70 bits per heavy atom. The highest BCUT2D eigenvalue weighted by atomic mass is 16.6. The molecule has 0 radical (unpaired) electrons. The molecule has 7 nitrogen and oxygen atoms in total. The number of aryl methyl sites for hydroxylation is 2. The van der Waals surface area contributed by atoms with Crippen molar-refractivity contribution in [3.63, 3.8) is 0 Å². The number of aliphatic hydroxyl groups is 1. The third-order valence-electron chi connectivity index (χ3n) is 4.18. The fourth-order valence-electron chi connectivity index (χ4n) is 2.81. The van der Waals surface area contributed by atoms with Gasteiger partial charge in [0.1, 0.15) is 17.0 Å². The molecule has 1 aromatic rings. The number of imidazole rings is 1. The number of aromatic nitrogens is 2. The number of nitrogens with zero attached hydrogens (tertiary/aromatic N) is 3. The van der Waals surface area contributed by atoms with E-state index in [9.17, 15) is 9.90 Å². The number of likely N-dealkylation sites (tertiary alicyclic amines) is 1. The third-order valence-corrected chi connectivity index (χ3v) is 4.18. The Kier molecular flexibility index (Phi) is 4.73. The summed E-state index contributed by atoms with van der Waals surface area (Å²) in [5, 5.41) is 11.0. The van der Waals surface area contributed by atoms with Crippen LogP contribution in [0.5, 0.6) is 0 Å². The van der Waals surface area contributed by atoms with Gasteiger partial charge in [-0.05, 0) is 40.5 Å². The van der Waals surface area contributed by atoms with Crippen molar-refractivity contribution < 1.29 is 14.6 Å². The zero-order valence-corrected chi connectivity index (χ0v) is 14.7. The molecule has 1 aromatic heterocycles. The lowest BCUT2D eigenvalue weighted by atomic mass is 9.84. The molecule has 1 aliphatic rings. The Hall–Kier alpha value is -1.60. The summed E-state index contributed by atoms with van der Waals surface area (Å²) >= 11 is 0. The van der Waals surface area contributed by atoms with Gasteiger partial charge < -0.3 is 25.0 Å². The zero-order chi connectivity index (χ0) is 17.4. The smallest absolute Gasteiger partial charge is 0.410 e. The van der Waals surface area contributed by atoms with Gasteiger partial charge in [0, 0.05) is 19.8 Å². The van der Waals surface area contributed by atoms with Crippen LogP contribution in [0.2, 0.25) is 0 Å². The van der Waals surface area contributed by atoms with Crippen molar-refractivity contribution in [3.05, 3.63) is 17.7 Å². The lowest BCUT2D eigenvalue weighted by Crippen LogP contribution is -2.56. The Balaban J connectivity index is 2.13. The van der Waals surface area contributed by atoms with Crippen molar-refractivity contribution in [2.45, 2.75) is 57.8 Å². The number of hydrogen-bond donors (Lipinski definition) is 2. The normalized spacial score (nSPS) is 23.7. The third kappa shape index (κ3) is 4.03. The maximum Gasteiger partial charge on any atom is 0.410 e. The van der Waals surface area contributed by atoms with Crippen LogP contribution in [0.3, 0.4) is 0 Å². The van der Waals surface area contributed by atoms with E-state index < -0.39 is 23.3 Å². The lowest BCUT2D eigenvalue weighted by Gasteiger charge is -2.42. The fourth-order valence-corrected chi connectivity index (χ4v) is 2.81. The van der Waals surface area contributed by atoms with Crippen LogP contribution in [0.15, 0.2) is 6.20 Å². The molecular formula is C16H28N4O3. The number of rotatable bonds is 2. The maximum atomic E-state index is 12.3. The van der Waals surface area contributed by atoms with E-state index in [2.05, 4.69) is 4.98 Å². The van der Waals surface area contributed by atoms with Gasteiger partial charge in [0.15, 0.2) is 0 Å². The number of carbonyl (C=O) groups is 1. The van der Waals surface area contributed by atoms with Crippen LogP contribution in [0.1, 0.15) is 51.2 Å². The van der Waals surface area contributed by atoms with Crippen LogP contribution in [0.4, 0.5) is 4.79 Å². The standard InChI is InChI=1S/C16H28N4O3/c1-11-18-12(9-19(11)5)13(17)16(22)7-6-8-20(10-16)14(21)23-15(2,3)4/h9,13,22H,6-8,10,17H2,1-5H3. The van der Waals surface area contributed by atoms with E-state index in [4.69, 9.17) is 10.5 Å². The minimum absolute atomic E-state index is 0.151. The average molecular weight is 324 g/mol. The first kappa shape index (κ1) is 17.7. The number of hydrogen-bond acceptors (Lipinski definition) is 5. The molecule has 1 saturated heterocycles. The van der Waals surface area contributed by atoms with Gasteiger partial charge in [-0.25, -0.2) is 9.78 Å². The molecule has 23 heavy (non-hydrogen) atoms. The van der Waals surface area contributed by atoms with E-state index in [-0.39, 0.29) is 6.54 Å². The summed E-state index contributed by atoms with van der Waals surface area (Å²) in [6, 6.07) is -0.646. The van der Waals surface area contributed by atoms with E-state index in [1.54, 1.807) is 0 Å². The quantitative estimate of drug-likeness (QED) is 0.859. The molecule has 2 heterocycles. The van der Waals surface area contributed by atoms with Crippen LogP contribution in [0, 0.1) is 6.92 Å². The molecule has 0 saturated carbocycles. The van der Waals surface area contributed by atoms with Crippen LogP contribution in [-0.4, -0.2) is 49.9 Å². The van der Waals surface area contributed by atoms with E-state index in [0.717, 1.165) is 5.82 Å². The van der Waals surface area contributed by atoms with Crippen molar-refractivity contribution in [1.29, 1.82) is 0 Å². The van der Waals surface area contributed by atoms with Gasteiger partial charge in [0.2, 0.25) is 0 Å². The van der Waals surface area contributed by atoms with Crippen molar-refractivity contribution in [1.82, 2.24) is 14.5 Å². The first-order valence-electron chi connectivity index (χ1n) is 7.97. The number of piperidine rings is 1. The molecular weight excluding hydrogens is 296 g/mol. The summed E-state index contributed by atoms with van der Waals surface area (Å²) in [6.07, 6.45) is 2.61. The lowest BCUT2D eigenvalue weighted by molar-refractivity contribution is -0.0582. The first-order valence-corrected chi connectivity index (χ1v) is 7.97. The van der Waals surface area contributed by atoms with Gasteiger partial charge in [-0.3, -0.25) is 0 Å². The molecule has 2 unspecified atom stereocenters. The highest BCUT2D eigenvalue weighted by Crippen LogP contribution is 2.32. The van der Waals surface area contributed by atoms with Crippen LogP contribution >= 0.6 is 0 Å². The van der Waals surface area contributed by atoms with Gasteiger partial charge in [0.05, 0.1) is 18.3 Å². The molecule has 2 atom stereocenters. The number of amides is 1. The second-order valence-corrected chi connectivity index (χ2v) is 7.41. The monoisotopic (exact) mass is 324 g/mol. The van der Waals surface area contributed by atoms with Gasteiger partial charge >= 0.3 is 6.09 Å². The highest BCUT2D eigenvalue weighted by Gasteiger charge is 2.42. The predicted octanol–water partition coefficient (Wildman–Crippen LogP) is 1.49. The van der Waals surface area contributed by atoms with Crippen LogP contribution in [-0.2, 0) is 11.8 Å². The SMILES string of the molecule is Cc1nc(C(N)C2(O)CCCN(C(=O)OC(C)(C)C)C2)cn1C. The number of β-amino-alcohol motifs (C(OH)–C–C–N with tert-alkyl or cyclic N) is 1. The molecule has 0 aliphatic carbocycles. The molecule has 0 aromatic carbocycles. The summed E-state index contributed by atoms with van der Waals surface area (Å²) in [7, 11) is 1.89. The summed E-state index contributed by atoms with van der Waals surface area (Å²) in [5.74, 6) is 0.832. The molecule has 1 aliphatic heterocycles. The highest BCUT2D eigenvalue weighted by molar-refractivity contribution is 5.68. The molecule has 3 N–H and O–H groups in total. The van der Waals surface area contributed by atoms with E-state index >= 15 is 0 Å². The Morgan fingerprint density at radius 2 is 2.17 bits per heavy atom. The molecule has 7 heteroatoms. The summed E-state index contributed by atoms with van der Waals surface area (Å²) < 4.78 is 7.26. The molecule has 130 valence electrons. The minimum atomic E-state index is -1.20. The van der Waals surface area contributed by atoms with E-state index in [1.165, 1.54) is 4.90 Å². The first-order chi connectivity index (χ1) is 10.5. The van der Waals surface area contributed by atoms with Gasteiger partial charge in [-0.15, -0.1) is 0 Å². The van der Waals surface area contributed by atoms with Crippen LogP contribution < -0.4 is 5.73 Å². The summed E-state index contributed by atoms with van der Waals surface area (Å²) in [5.41, 5.74) is 5.15. The molecule has 0 bridgehead atoms. The maximum absolute atomic E-state index is 12.3. The Labute approximate surface area is 137 Å². The van der Waals surface area contributed by atoms with Crippen LogP contribution in [0.25, 0.3) is 0 Å². The molecule has 1 fully saturated rings. The topological polar surface area (TPSA) is 93.6 Å². The van der Waals surface area contributed by atoms with Crippen molar-refractivity contribution in [3.8, 4) is 0 Å². The fraction of sp³-hybridized carbons (Fsp3) is 0.750. The second-order valence-electron chi connectivity index (χ2n) is 7.41. The predicted molar refractivity (Wildman–Crippen MR) is 86.9 cm³/mol. The largest absolute Gasteiger partial charge is 0.444 e. The summed E-state index contributed by atoms with van der Waals surface area (Å²) in [4.78, 5) is 18.2. The van der Waals surface area contributed by atoms with E-state index in [1.807, 2.05) is 45.5 Å². The zero-order valence-electron chi connectivity index (χ0n) is 14.7.